The van der Waals surface area contributed by atoms with Gasteiger partial charge in [-0.25, -0.2) is 32.9 Å². The third-order valence-corrected chi connectivity index (χ3v) is 8.38. The van der Waals surface area contributed by atoms with E-state index in [1.165, 1.54) is 43.0 Å². The van der Waals surface area contributed by atoms with Gasteiger partial charge in [-0.2, -0.15) is 0 Å². The van der Waals surface area contributed by atoms with Crippen LogP contribution in [0.4, 0.5) is 23.7 Å². The quantitative estimate of drug-likeness (QED) is 0.199. The number of aryl methyl sites for hydroxylation is 2. The average molecular weight is 624 g/mol. The summed E-state index contributed by atoms with van der Waals surface area (Å²) in [5.74, 6) is -3.69. The molecule has 1 unspecified atom stereocenters. The maximum atomic E-state index is 15.3. The standard InChI is InChI=1S/C31H28F3N5O4S/c1-4-17-5-6-18(14-35-17)37-30(40)43-23-7-8-31(33,34)13-25(23)42-24-12-26-21(11-20(24)32)39-29(44-26)19-9-16(2)10-22-28(19)36-15-27(38-22)41-3/h5-6,9-12,14-15,23,25H,4,7-8,13H2,1-3H3,(H,37,40)/t23-,25?/m0/s1. The van der Waals surface area contributed by atoms with Crippen LogP contribution in [0.3, 0.4) is 0 Å². The van der Waals surface area contributed by atoms with Crippen LogP contribution in [0.1, 0.15) is 37.4 Å². The summed E-state index contributed by atoms with van der Waals surface area (Å²) >= 11 is 1.28. The second kappa shape index (κ2) is 11.9. The van der Waals surface area contributed by atoms with Crippen LogP contribution >= 0.6 is 11.3 Å². The lowest BCUT2D eigenvalue weighted by molar-refractivity contribution is -0.114. The van der Waals surface area contributed by atoms with Gasteiger partial charge in [0.1, 0.15) is 17.2 Å². The number of alkyl halides is 2. The Morgan fingerprint density at radius 2 is 1.93 bits per heavy atom. The number of fused-ring (bicyclic) bond motifs is 2. The van der Waals surface area contributed by atoms with Crippen LogP contribution in [0.25, 0.3) is 31.8 Å². The highest BCUT2D eigenvalue weighted by atomic mass is 32.1. The molecule has 1 fully saturated rings. The molecule has 6 rings (SSSR count). The van der Waals surface area contributed by atoms with Gasteiger partial charge in [0.2, 0.25) is 5.88 Å². The number of rotatable bonds is 7. The maximum absolute atomic E-state index is 15.3. The minimum absolute atomic E-state index is 0.154. The summed E-state index contributed by atoms with van der Waals surface area (Å²) in [5, 5.41) is 3.14. The number of carbonyl (C=O) groups is 1. The molecule has 5 aromatic rings. The first-order valence-corrected chi connectivity index (χ1v) is 14.8. The molecule has 2 atom stereocenters. The van der Waals surface area contributed by atoms with Crippen LogP contribution < -0.4 is 14.8 Å². The van der Waals surface area contributed by atoms with Crippen LogP contribution in [0.5, 0.6) is 11.6 Å². The van der Waals surface area contributed by atoms with E-state index < -0.39 is 42.9 Å². The van der Waals surface area contributed by atoms with Crippen molar-refractivity contribution < 1.29 is 32.2 Å². The van der Waals surface area contributed by atoms with Crippen molar-refractivity contribution in [3.8, 4) is 22.2 Å². The molecule has 1 amide bonds. The molecule has 1 aliphatic carbocycles. The molecule has 0 saturated heterocycles. The summed E-state index contributed by atoms with van der Waals surface area (Å²) in [7, 11) is 1.51. The molecule has 44 heavy (non-hydrogen) atoms. The number of amides is 1. The van der Waals surface area contributed by atoms with Crippen molar-refractivity contribution in [2.75, 3.05) is 12.4 Å². The largest absolute Gasteiger partial charge is 0.483 e. The van der Waals surface area contributed by atoms with Gasteiger partial charge in [0.05, 0.1) is 52.9 Å². The van der Waals surface area contributed by atoms with Gasteiger partial charge in [0.15, 0.2) is 11.6 Å². The first-order chi connectivity index (χ1) is 21.1. The Morgan fingerprint density at radius 1 is 1.09 bits per heavy atom. The molecule has 0 spiro atoms. The van der Waals surface area contributed by atoms with Crippen LogP contribution in [-0.2, 0) is 11.2 Å². The Kier molecular flexibility index (Phi) is 7.97. The van der Waals surface area contributed by atoms with Gasteiger partial charge >= 0.3 is 6.09 Å². The Hall–Kier alpha value is -4.52. The van der Waals surface area contributed by atoms with E-state index in [-0.39, 0.29) is 12.2 Å². The fourth-order valence-corrected chi connectivity index (χ4v) is 6.11. The third-order valence-electron chi connectivity index (χ3n) is 7.33. The van der Waals surface area contributed by atoms with Gasteiger partial charge in [0, 0.05) is 29.8 Å². The highest BCUT2D eigenvalue weighted by Gasteiger charge is 2.45. The Morgan fingerprint density at radius 3 is 2.68 bits per heavy atom. The second-order valence-electron chi connectivity index (χ2n) is 10.6. The lowest BCUT2D eigenvalue weighted by atomic mass is 9.91. The number of benzene rings is 2. The zero-order chi connectivity index (χ0) is 31.0. The van der Waals surface area contributed by atoms with Crippen molar-refractivity contribution in [1.82, 2.24) is 19.9 Å². The topological polar surface area (TPSA) is 108 Å². The SMILES string of the molecule is CCc1ccc(NC(=O)O[C@H]2CCC(F)(F)CC2Oc2cc3sc(-c4cc(C)cc5nc(OC)cnc45)nc3cc2F)cn1. The van der Waals surface area contributed by atoms with Crippen molar-refractivity contribution in [3.63, 3.8) is 0 Å². The summed E-state index contributed by atoms with van der Waals surface area (Å²) < 4.78 is 61.4. The van der Waals surface area contributed by atoms with Gasteiger partial charge in [-0.05, 0) is 49.6 Å². The van der Waals surface area contributed by atoms with Crippen LogP contribution in [0.2, 0.25) is 0 Å². The molecule has 2 aromatic carbocycles. The summed E-state index contributed by atoms with van der Waals surface area (Å²) in [6.45, 7) is 3.87. The van der Waals surface area contributed by atoms with Gasteiger partial charge in [-0.15, -0.1) is 11.3 Å². The highest BCUT2D eigenvalue weighted by Crippen LogP contribution is 2.40. The molecule has 228 valence electrons. The van der Waals surface area contributed by atoms with Crippen molar-refractivity contribution in [3.05, 3.63) is 65.9 Å². The number of methoxy groups -OCH3 is 1. The van der Waals surface area contributed by atoms with E-state index >= 15 is 4.39 Å². The number of nitrogens with one attached hydrogen (secondary N) is 1. The minimum Gasteiger partial charge on any atom is -0.483 e. The molecule has 1 saturated carbocycles. The second-order valence-corrected chi connectivity index (χ2v) is 11.6. The maximum Gasteiger partial charge on any atom is 0.412 e. The van der Waals surface area contributed by atoms with Crippen LogP contribution in [0.15, 0.2) is 48.8 Å². The minimum atomic E-state index is -3.06. The van der Waals surface area contributed by atoms with E-state index in [0.29, 0.717) is 43.4 Å². The summed E-state index contributed by atoms with van der Waals surface area (Å²) in [5.41, 5.74) is 4.48. The number of nitrogens with zero attached hydrogens (tertiary/aromatic N) is 4. The average Bonchev–Trinajstić information content (AvgIpc) is 3.40. The molecular formula is C31H28F3N5O4S. The molecule has 9 nitrogen and oxygen atoms in total. The number of ether oxygens (including phenoxy) is 3. The van der Waals surface area contributed by atoms with Gasteiger partial charge < -0.3 is 14.2 Å². The number of carbonyl (C=O) groups excluding carboxylic acids is 1. The Labute approximate surface area is 254 Å². The Balaban J connectivity index is 1.25. The van der Waals surface area contributed by atoms with Gasteiger partial charge in [0.25, 0.3) is 5.92 Å². The zero-order valence-electron chi connectivity index (χ0n) is 24.1. The number of thiazole rings is 1. The first kappa shape index (κ1) is 29.5. The summed E-state index contributed by atoms with van der Waals surface area (Å²) in [6.07, 6.45) is -0.797. The molecule has 1 aliphatic rings. The van der Waals surface area contributed by atoms with Gasteiger partial charge in [-0.3, -0.25) is 10.3 Å². The van der Waals surface area contributed by atoms with Crippen molar-refractivity contribution in [2.24, 2.45) is 0 Å². The summed E-state index contributed by atoms with van der Waals surface area (Å²) in [4.78, 5) is 30.4. The lowest BCUT2D eigenvalue weighted by Crippen LogP contribution is -2.45. The molecule has 1 N–H and O–H groups in total. The fraction of sp³-hybridized carbons (Fsp3) is 0.323. The lowest BCUT2D eigenvalue weighted by Gasteiger charge is -2.35. The number of pyridine rings is 1. The molecule has 0 radical (unpaired) electrons. The van der Waals surface area contributed by atoms with E-state index in [4.69, 9.17) is 14.2 Å². The predicted octanol–water partition coefficient (Wildman–Crippen LogP) is 7.50. The monoisotopic (exact) mass is 623 g/mol. The molecule has 0 aliphatic heterocycles. The highest BCUT2D eigenvalue weighted by molar-refractivity contribution is 7.21. The number of anilines is 1. The van der Waals surface area contributed by atoms with Crippen molar-refractivity contribution in [2.45, 2.75) is 57.7 Å². The van der Waals surface area contributed by atoms with E-state index in [0.717, 1.165) is 17.7 Å². The van der Waals surface area contributed by atoms with E-state index in [1.807, 2.05) is 26.0 Å². The van der Waals surface area contributed by atoms with E-state index in [1.54, 1.807) is 12.1 Å². The van der Waals surface area contributed by atoms with Gasteiger partial charge in [-0.1, -0.05) is 6.92 Å². The fourth-order valence-electron chi connectivity index (χ4n) is 5.12. The van der Waals surface area contributed by atoms with Crippen molar-refractivity contribution >= 4 is 44.4 Å². The number of halogens is 3. The molecule has 3 aromatic heterocycles. The van der Waals surface area contributed by atoms with E-state index in [2.05, 4.69) is 25.3 Å². The normalized spacial score (nSPS) is 17.9. The molecule has 13 heteroatoms. The number of hydrogen-bond acceptors (Lipinski definition) is 9. The van der Waals surface area contributed by atoms with E-state index in [9.17, 15) is 13.6 Å². The third kappa shape index (κ3) is 6.23. The smallest absolute Gasteiger partial charge is 0.412 e. The molecular weight excluding hydrogens is 595 g/mol. The first-order valence-electron chi connectivity index (χ1n) is 14.0. The predicted molar refractivity (Wildman–Crippen MR) is 160 cm³/mol. The Bertz CT molecular complexity index is 1850. The molecule has 0 bridgehead atoms. The van der Waals surface area contributed by atoms with Crippen LogP contribution in [0, 0.1) is 12.7 Å². The number of hydrogen-bond donors (Lipinski definition) is 1. The number of aromatic nitrogens is 4. The summed E-state index contributed by atoms with van der Waals surface area (Å²) in [6, 6.07) is 9.87. The van der Waals surface area contributed by atoms with Crippen molar-refractivity contribution in [1.29, 1.82) is 0 Å². The van der Waals surface area contributed by atoms with Crippen LogP contribution in [-0.4, -0.2) is 51.3 Å². The molecule has 3 heterocycles. The zero-order valence-corrected chi connectivity index (χ0v) is 24.9.